The molecule has 25 aromatic rings. The van der Waals surface area contributed by atoms with Crippen LogP contribution in [0.2, 0.25) is 0 Å². The van der Waals surface area contributed by atoms with Crippen molar-refractivity contribution in [1.29, 1.82) is 0 Å². The zero-order valence-electron chi connectivity index (χ0n) is 63.3. The molecule has 0 spiro atoms. The van der Waals surface area contributed by atoms with Gasteiger partial charge in [0, 0.05) is 32.9 Å². The van der Waals surface area contributed by atoms with Gasteiger partial charge in [-0.05, 0) is 264 Å². The van der Waals surface area contributed by atoms with Crippen LogP contribution in [0.25, 0.3) is 240 Å². The Morgan fingerprint density at radius 1 is 0.112 bits per heavy atom. The van der Waals surface area contributed by atoms with Crippen molar-refractivity contribution in [2.24, 2.45) is 0 Å². The maximum absolute atomic E-state index is 2.44. The topological polar surface area (TPSA) is 9.86 Å². The van der Waals surface area contributed by atoms with Gasteiger partial charge in [0.15, 0.2) is 0 Å². The fourth-order valence-electron chi connectivity index (χ4n) is 20.0. The maximum Gasteiger partial charge on any atom is 0.0541 e. The van der Waals surface area contributed by atoms with Crippen LogP contribution >= 0.6 is 0 Å². The Kier molecular flexibility index (Phi) is 14.8. The molecule has 23 aromatic carbocycles. The van der Waals surface area contributed by atoms with Crippen molar-refractivity contribution in [3.05, 3.63) is 425 Å². The summed E-state index contributed by atoms with van der Waals surface area (Å²) in [5, 5.41) is 36.0. The van der Waals surface area contributed by atoms with Gasteiger partial charge < -0.3 is 9.13 Å². The predicted octanol–water partition coefficient (Wildman–Crippen LogP) is 31.7. The van der Waals surface area contributed by atoms with E-state index in [-0.39, 0.29) is 0 Å². The highest BCUT2D eigenvalue weighted by Crippen LogP contribution is 2.50. The fourth-order valence-corrected chi connectivity index (χ4v) is 20.0. The van der Waals surface area contributed by atoms with Crippen molar-refractivity contribution < 1.29 is 0 Å². The van der Waals surface area contributed by atoms with E-state index in [1.807, 2.05) is 0 Å². The number of fused-ring (bicyclic) bond motifs is 30. The molecule has 0 atom stereocenters. The molecule has 0 saturated heterocycles. The first kappa shape index (κ1) is 65.5. The van der Waals surface area contributed by atoms with Gasteiger partial charge in [-0.15, -0.1) is 0 Å². The molecule has 0 fully saturated rings. The molecule has 0 aliphatic carbocycles. The molecule has 0 aliphatic rings. The highest BCUT2D eigenvalue weighted by atomic mass is 15.0. The summed E-state index contributed by atoms with van der Waals surface area (Å²) in [6.07, 6.45) is 0. The first-order valence-electron chi connectivity index (χ1n) is 40.3. The number of nitrogens with zero attached hydrogens (tertiary/aromatic N) is 2. The molecule has 0 amide bonds. The van der Waals surface area contributed by atoms with E-state index in [4.69, 9.17) is 0 Å². The zero-order chi connectivity index (χ0) is 76.1. The first-order valence-corrected chi connectivity index (χ1v) is 40.3. The van der Waals surface area contributed by atoms with Crippen molar-refractivity contribution in [1.82, 2.24) is 9.13 Å². The van der Waals surface area contributed by atoms with E-state index < -0.39 is 0 Å². The summed E-state index contributed by atoms with van der Waals surface area (Å²) in [4.78, 5) is 0. The number of hydrogen-bond donors (Lipinski definition) is 0. The lowest BCUT2D eigenvalue weighted by Gasteiger charge is -2.18. The molecule has 536 valence electrons. The highest BCUT2D eigenvalue weighted by Gasteiger charge is 2.23. The van der Waals surface area contributed by atoms with Gasteiger partial charge in [-0.1, -0.05) is 346 Å². The Hall–Kier alpha value is -15.2. The summed E-state index contributed by atoms with van der Waals surface area (Å²) in [6, 6.07) is 157. The quantitative estimate of drug-likeness (QED) is 0.141. The third kappa shape index (κ3) is 10.0. The fraction of sp³-hybridized carbons (Fsp3) is 0. The van der Waals surface area contributed by atoms with Crippen LogP contribution in [0, 0.1) is 0 Å². The molecule has 0 radical (unpaired) electrons. The summed E-state index contributed by atoms with van der Waals surface area (Å²) < 4.78 is 4.77. The minimum Gasteiger partial charge on any atom is -0.309 e. The SMILES string of the molecule is c1ccc(-c2ccc3c(c2)c2ccccc2c2c4ccc(-c5cccc6c(-c7ccc8c(c7)c7ccccc7n8-c7ccccc7)cccc56)cc4c4ccccc4c32)cc1.c1ccc(-n2c3ccccc3c3cc(-c4ccc(-c5ccc6c(c5)c5ccccc5c5c7ccccc7c7ccccc7c65)c5ccccc45)ccc32)cc1. The van der Waals surface area contributed by atoms with Gasteiger partial charge in [-0.25, -0.2) is 0 Å². The molecule has 2 aromatic heterocycles. The molecule has 2 heteroatoms. The van der Waals surface area contributed by atoms with E-state index in [1.54, 1.807) is 0 Å². The molecule has 0 saturated carbocycles. The average Bonchev–Trinajstić information content (AvgIpc) is 1.09. The van der Waals surface area contributed by atoms with Crippen LogP contribution in [0.5, 0.6) is 0 Å². The second-order valence-corrected chi connectivity index (χ2v) is 31.1. The standard InChI is InChI=1S/C60H37N.C54H33N/c1-3-15-38(16-4-1)39-29-32-52-54(35-39)47-19-7-9-22-50(47)60-53-33-30-40(36-55(53)48-20-8-10-23-51(48)59(52)60)43-24-13-27-46-44(25-14-26-45(43)46)41-31-34-58-56(37-41)49-21-11-12-28-57(49)61(58)42-17-5-2-6-18-42;1-2-14-36(15-3-1)55-51-25-13-12-21-44(51)50-33-35(27-31-52(50)55)38-30-29-37(39-16-4-5-17-40(38)39)34-26-28-48-49(32-34)43-20-8-11-24-47(43)53-45-22-9-6-18-41(45)42-19-7-10-23-46(42)54(48)53/h1-37H;1-33H. The Morgan fingerprint density at radius 3 is 0.707 bits per heavy atom. The summed E-state index contributed by atoms with van der Waals surface area (Å²) in [5.41, 5.74) is 19.6. The van der Waals surface area contributed by atoms with Crippen LogP contribution in [-0.4, -0.2) is 9.13 Å². The second-order valence-electron chi connectivity index (χ2n) is 31.1. The van der Waals surface area contributed by atoms with E-state index in [0.717, 1.165) is 0 Å². The van der Waals surface area contributed by atoms with Crippen LogP contribution in [-0.2, 0) is 0 Å². The normalized spacial score (nSPS) is 12.0. The number of hydrogen-bond acceptors (Lipinski definition) is 0. The van der Waals surface area contributed by atoms with Gasteiger partial charge in [0.2, 0.25) is 0 Å². The molecule has 25 rings (SSSR count). The van der Waals surface area contributed by atoms with Crippen LogP contribution in [0.15, 0.2) is 425 Å². The summed E-state index contributed by atoms with van der Waals surface area (Å²) in [6.45, 7) is 0. The molecular weight excluding hydrogens is 1400 g/mol. The third-order valence-corrected chi connectivity index (χ3v) is 25.1. The van der Waals surface area contributed by atoms with Gasteiger partial charge in [0.1, 0.15) is 0 Å². The highest BCUT2D eigenvalue weighted by molar-refractivity contribution is 6.41. The lowest BCUT2D eigenvalue weighted by Crippen LogP contribution is -1.93. The van der Waals surface area contributed by atoms with E-state index in [2.05, 4.69) is 434 Å². The lowest BCUT2D eigenvalue weighted by atomic mass is 9.85. The minimum atomic E-state index is 1.17. The molecule has 0 bridgehead atoms. The first-order chi connectivity index (χ1) is 57.6. The maximum atomic E-state index is 2.44. The smallest absolute Gasteiger partial charge is 0.0541 e. The van der Waals surface area contributed by atoms with E-state index in [0.29, 0.717) is 0 Å². The second kappa shape index (κ2) is 26.2. The molecule has 0 N–H and O–H groups in total. The summed E-state index contributed by atoms with van der Waals surface area (Å²) in [5.74, 6) is 0. The molecule has 2 nitrogen and oxygen atoms in total. The number of rotatable bonds is 7. The Morgan fingerprint density at radius 2 is 0.345 bits per heavy atom. The van der Waals surface area contributed by atoms with Crippen molar-refractivity contribution in [3.8, 4) is 67.0 Å². The van der Waals surface area contributed by atoms with Crippen LogP contribution < -0.4 is 0 Å². The van der Waals surface area contributed by atoms with Crippen molar-refractivity contribution in [2.45, 2.75) is 0 Å². The van der Waals surface area contributed by atoms with Gasteiger partial charge in [0.25, 0.3) is 0 Å². The van der Waals surface area contributed by atoms with Gasteiger partial charge in [0.05, 0.1) is 22.1 Å². The summed E-state index contributed by atoms with van der Waals surface area (Å²) >= 11 is 0. The lowest BCUT2D eigenvalue weighted by molar-refractivity contribution is 1.18. The Bertz CT molecular complexity index is 8440. The molecular formula is C114H70N2. The predicted molar refractivity (Wildman–Crippen MR) is 499 cm³/mol. The average molecular weight is 1470 g/mol. The largest absolute Gasteiger partial charge is 0.309 e. The zero-order valence-corrected chi connectivity index (χ0v) is 63.3. The monoisotopic (exact) mass is 1470 g/mol. The summed E-state index contributed by atoms with van der Waals surface area (Å²) in [7, 11) is 0. The Balaban J connectivity index is 0.000000134. The third-order valence-electron chi connectivity index (χ3n) is 25.1. The van der Waals surface area contributed by atoms with Crippen LogP contribution in [0.3, 0.4) is 0 Å². The van der Waals surface area contributed by atoms with E-state index >= 15 is 0 Å². The van der Waals surface area contributed by atoms with Crippen molar-refractivity contribution >= 4 is 173 Å². The van der Waals surface area contributed by atoms with Gasteiger partial charge >= 0.3 is 0 Å². The molecule has 2 heterocycles. The van der Waals surface area contributed by atoms with Crippen molar-refractivity contribution in [3.63, 3.8) is 0 Å². The van der Waals surface area contributed by atoms with Crippen LogP contribution in [0.1, 0.15) is 0 Å². The number of benzene rings is 23. The molecule has 0 unspecified atom stereocenters. The van der Waals surface area contributed by atoms with Gasteiger partial charge in [-0.3, -0.25) is 0 Å². The number of para-hydroxylation sites is 4. The van der Waals surface area contributed by atoms with E-state index in [9.17, 15) is 0 Å². The van der Waals surface area contributed by atoms with Crippen LogP contribution in [0.4, 0.5) is 0 Å². The molecule has 0 aliphatic heterocycles. The number of aromatic nitrogens is 2. The minimum absolute atomic E-state index is 1.17. The Labute approximate surface area is 669 Å². The van der Waals surface area contributed by atoms with E-state index in [1.165, 1.54) is 240 Å². The molecule has 116 heavy (non-hydrogen) atoms. The van der Waals surface area contributed by atoms with Gasteiger partial charge in [-0.2, -0.15) is 0 Å². The van der Waals surface area contributed by atoms with Crippen molar-refractivity contribution in [2.75, 3.05) is 0 Å².